The van der Waals surface area contributed by atoms with Gasteiger partial charge in [-0.25, -0.2) is 0 Å². The summed E-state index contributed by atoms with van der Waals surface area (Å²) in [5.41, 5.74) is 7.11. The Balaban J connectivity index is 1.93. The summed E-state index contributed by atoms with van der Waals surface area (Å²) >= 11 is 11.0. The number of rotatable bonds is 3. The third-order valence-electron chi connectivity index (χ3n) is 3.10. The van der Waals surface area contributed by atoms with Crippen LogP contribution < -0.4 is 10.7 Å². The predicted octanol–water partition coefficient (Wildman–Crippen LogP) is 4.28. The number of thiocarbonyl (C=S) groups is 1. The molecule has 0 unspecified atom stereocenters. The molecule has 2 N–H and O–H groups in total. The van der Waals surface area contributed by atoms with Crippen LogP contribution in [0.15, 0.2) is 47.6 Å². The van der Waals surface area contributed by atoms with E-state index in [-0.39, 0.29) is 0 Å². The number of hydrogen-bond acceptors (Lipinski definition) is 2. The van der Waals surface area contributed by atoms with Crippen LogP contribution in [-0.2, 0) is 0 Å². The van der Waals surface area contributed by atoms with Crippen LogP contribution in [0.2, 0.25) is 5.02 Å². The molecule has 0 spiro atoms. The first-order valence-electron chi connectivity index (χ1n) is 6.48. The largest absolute Gasteiger partial charge is 0.331 e. The number of nitrogens with one attached hydrogen (secondary N) is 2. The van der Waals surface area contributed by atoms with Crippen LogP contribution in [0.3, 0.4) is 0 Å². The maximum Gasteiger partial charge on any atom is 0.191 e. The van der Waals surface area contributed by atoms with E-state index in [1.807, 2.05) is 36.4 Å². The molecule has 108 valence electrons. The van der Waals surface area contributed by atoms with Crippen molar-refractivity contribution >= 4 is 40.8 Å². The van der Waals surface area contributed by atoms with Gasteiger partial charge in [0, 0.05) is 10.7 Å². The fraction of sp³-hybridized carbons (Fsp3) is 0.125. The Morgan fingerprint density at radius 1 is 1.14 bits per heavy atom. The maximum atomic E-state index is 5.82. The standard InChI is InChI=1S/C16H16ClN3S/c1-11-4-3-5-15(12(11)2)19-16(21)20-18-10-13-6-8-14(17)9-7-13/h3-10H,1-2H3,(H2,19,20,21). The van der Waals surface area contributed by atoms with Crippen LogP contribution in [0.4, 0.5) is 5.69 Å². The van der Waals surface area contributed by atoms with Gasteiger partial charge in [-0.15, -0.1) is 0 Å². The highest BCUT2D eigenvalue weighted by Crippen LogP contribution is 2.17. The second kappa shape index (κ2) is 7.20. The molecule has 0 heterocycles. The van der Waals surface area contributed by atoms with Crippen molar-refractivity contribution in [2.45, 2.75) is 13.8 Å². The lowest BCUT2D eigenvalue weighted by atomic mass is 10.1. The van der Waals surface area contributed by atoms with Crippen LogP contribution in [0.5, 0.6) is 0 Å². The molecular formula is C16H16ClN3S. The lowest BCUT2D eigenvalue weighted by Gasteiger charge is -2.11. The molecule has 0 radical (unpaired) electrons. The van der Waals surface area contributed by atoms with E-state index in [0.717, 1.165) is 11.3 Å². The van der Waals surface area contributed by atoms with Gasteiger partial charge in [0.05, 0.1) is 6.21 Å². The minimum atomic E-state index is 0.453. The molecule has 0 atom stereocenters. The molecule has 2 aromatic carbocycles. The van der Waals surface area contributed by atoms with Crippen molar-refractivity contribution in [1.82, 2.24) is 5.43 Å². The maximum absolute atomic E-state index is 5.82. The van der Waals surface area contributed by atoms with Gasteiger partial charge in [0.25, 0.3) is 0 Å². The monoisotopic (exact) mass is 317 g/mol. The summed E-state index contributed by atoms with van der Waals surface area (Å²) in [6.45, 7) is 4.12. The fourth-order valence-electron chi connectivity index (χ4n) is 1.75. The van der Waals surface area contributed by atoms with Crippen LogP contribution >= 0.6 is 23.8 Å². The lowest BCUT2D eigenvalue weighted by molar-refractivity contribution is 1.05. The molecule has 0 fully saturated rings. The Morgan fingerprint density at radius 3 is 2.57 bits per heavy atom. The topological polar surface area (TPSA) is 36.4 Å². The minimum Gasteiger partial charge on any atom is -0.331 e. The number of nitrogens with zero attached hydrogens (tertiary/aromatic N) is 1. The van der Waals surface area contributed by atoms with Crippen molar-refractivity contribution in [2.75, 3.05) is 5.32 Å². The number of hydrazone groups is 1. The Morgan fingerprint density at radius 2 is 1.86 bits per heavy atom. The highest BCUT2D eigenvalue weighted by Gasteiger charge is 2.01. The Kier molecular flexibility index (Phi) is 5.31. The molecule has 0 saturated carbocycles. The molecule has 0 aliphatic heterocycles. The average molecular weight is 318 g/mol. The highest BCUT2D eigenvalue weighted by atomic mass is 35.5. The van der Waals surface area contributed by atoms with Crippen molar-refractivity contribution in [3.63, 3.8) is 0 Å². The molecule has 0 bridgehead atoms. The molecule has 0 amide bonds. The predicted molar refractivity (Wildman–Crippen MR) is 94.3 cm³/mol. The normalized spacial score (nSPS) is 10.6. The summed E-state index contributed by atoms with van der Waals surface area (Å²) in [5, 5.41) is 8.38. The molecule has 5 heteroatoms. The zero-order chi connectivity index (χ0) is 15.2. The minimum absolute atomic E-state index is 0.453. The second-order valence-corrected chi connectivity index (χ2v) is 5.47. The van der Waals surface area contributed by atoms with E-state index in [1.165, 1.54) is 11.1 Å². The summed E-state index contributed by atoms with van der Waals surface area (Å²) in [6, 6.07) is 13.4. The number of anilines is 1. The molecule has 3 nitrogen and oxygen atoms in total. The van der Waals surface area contributed by atoms with E-state index in [1.54, 1.807) is 6.21 Å². The first kappa shape index (κ1) is 15.5. The average Bonchev–Trinajstić information content (AvgIpc) is 2.46. The first-order chi connectivity index (χ1) is 10.1. The van der Waals surface area contributed by atoms with Crippen LogP contribution in [-0.4, -0.2) is 11.3 Å². The third kappa shape index (κ3) is 4.55. The summed E-state index contributed by atoms with van der Waals surface area (Å²) in [7, 11) is 0. The van der Waals surface area contributed by atoms with E-state index in [9.17, 15) is 0 Å². The molecule has 2 rings (SSSR count). The van der Waals surface area contributed by atoms with Gasteiger partial charge in [0.15, 0.2) is 5.11 Å². The van der Waals surface area contributed by atoms with Crippen LogP contribution in [0.1, 0.15) is 16.7 Å². The van der Waals surface area contributed by atoms with E-state index in [0.29, 0.717) is 10.1 Å². The van der Waals surface area contributed by atoms with Gasteiger partial charge in [-0.05, 0) is 61.0 Å². The van der Waals surface area contributed by atoms with Gasteiger partial charge in [-0.1, -0.05) is 35.9 Å². The SMILES string of the molecule is Cc1cccc(NC(=S)NN=Cc2ccc(Cl)cc2)c1C. The summed E-state index contributed by atoms with van der Waals surface area (Å²) < 4.78 is 0. The van der Waals surface area contributed by atoms with Gasteiger partial charge < -0.3 is 5.32 Å². The van der Waals surface area contributed by atoms with Gasteiger partial charge in [0.2, 0.25) is 0 Å². The van der Waals surface area contributed by atoms with Crippen molar-refractivity contribution in [3.05, 3.63) is 64.2 Å². The van der Waals surface area contributed by atoms with Crippen molar-refractivity contribution in [1.29, 1.82) is 0 Å². The smallest absolute Gasteiger partial charge is 0.191 e. The van der Waals surface area contributed by atoms with Crippen LogP contribution in [0, 0.1) is 13.8 Å². The second-order valence-electron chi connectivity index (χ2n) is 4.62. The Labute approximate surface area is 135 Å². The molecule has 0 aliphatic carbocycles. The van der Waals surface area contributed by atoms with Crippen molar-refractivity contribution in [3.8, 4) is 0 Å². The molecule has 0 aliphatic rings. The van der Waals surface area contributed by atoms with E-state index in [2.05, 4.69) is 35.8 Å². The Hall–Kier alpha value is -1.91. The quantitative estimate of drug-likeness (QED) is 0.504. The van der Waals surface area contributed by atoms with Gasteiger partial charge in [-0.3, -0.25) is 5.43 Å². The number of aryl methyl sites for hydroxylation is 1. The van der Waals surface area contributed by atoms with Gasteiger partial charge in [0.1, 0.15) is 0 Å². The molecule has 21 heavy (non-hydrogen) atoms. The van der Waals surface area contributed by atoms with E-state index < -0.39 is 0 Å². The number of benzene rings is 2. The molecule has 2 aromatic rings. The zero-order valence-electron chi connectivity index (χ0n) is 11.9. The van der Waals surface area contributed by atoms with E-state index in [4.69, 9.17) is 23.8 Å². The van der Waals surface area contributed by atoms with Gasteiger partial charge in [-0.2, -0.15) is 5.10 Å². The summed E-state index contributed by atoms with van der Waals surface area (Å²) in [4.78, 5) is 0. The number of hydrogen-bond donors (Lipinski definition) is 2. The first-order valence-corrected chi connectivity index (χ1v) is 7.27. The summed E-state index contributed by atoms with van der Waals surface area (Å²) in [5.74, 6) is 0. The highest BCUT2D eigenvalue weighted by molar-refractivity contribution is 7.80. The zero-order valence-corrected chi connectivity index (χ0v) is 13.4. The lowest BCUT2D eigenvalue weighted by Crippen LogP contribution is -2.24. The van der Waals surface area contributed by atoms with Crippen molar-refractivity contribution in [2.24, 2.45) is 5.10 Å². The number of halogens is 1. The molecule has 0 aromatic heterocycles. The Bertz CT molecular complexity index is 666. The summed E-state index contributed by atoms with van der Waals surface area (Å²) in [6.07, 6.45) is 1.69. The van der Waals surface area contributed by atoms with Crippen LogP contribution in [0.25, 0.3) is 0 Å². The van der Waals surface area contributed by atoms with Gasteiger partial charge >= 0.3 is 0 Å². The third-order valence-corrected chi connectivity index (χ3v) is 3.55. The van der Waals surface area contributed by atoms with E-state index >= 15 is 0 Å². The molecule has 0 saturated heterocycles. The van der Waals surface area contributed by atoms with Crippen molar-refractivity contribution < 1.29 is 0 Å². The fourth-order valence-corrected chi connectivity index (χ4v) is 2.04. The molecular weight excluding hydrogens is 302 g/mol.